The van der Waals surface area contributed by atoms with E-state index in [1.165, 1.54) is 6.07 Å². The minimum absolute atomic E-state index is 0.0574. The van der Waals surface area contributed by atoms with Gasteiger partial charge >= 0.3 is 0 Å². The summed E-state index contributed by atoms with van der Waals surface area (Å²) >= 11 is 0. The van der Waals surface area contributed by atoms with Crippen LogP contribution in [0.25, 0.3) is 0 Å². The largest absolute Gasteiger partial charge is 0.376 e. The first kappa shape index (κ1) is 14.5. The molecule has 0 unspecified atom stereocenters. The number of carbonyl (C=O) groups is 1. The topological polar surface area (TPSA) is 64.9 Å². The van der Waals surface area contributed by atoms with E-state index < -0.39 is 5.82 Å². The number of nitriles is 1. The van der Waals surface area contributed by atoms with E-state index in [4.69, 9.17) is 5.26 Å². The Bertz CT molecular complexity index is 693. The predicted molar refractivity (Wildman–Crippen MR) is 79.4 cm³/mol. The molecule has 1 amide bonds. The highest BCUT2D eigenvalue weighted by Gasteiger charge is 2.10. The third-order valence-electron chi connectivity index (χ3n) is 2.97. The highest BCUT2D eigenvalue weighted by atomic mass is 19.1. The SMILES string of the molecule is Cc1c(F)cc(C#N)cc1NC(=O)CNc1ccccc1. The summed E-state index contributed by atoms with van der Waals surface area (Å²) in [5.74, 6) is -0.822. The van der Waals surface area contributed by atoms with Gasteiger partial charge in [-0.25, -0.2) is 4.39 Å². The zero-order valence-electron chi connectivity index (χ0n) is 11.5. The van der Waals surface area contributed by atoms with Crippen LogP contribution in [0.15, 0.2) is 42.5 Å². The van der Waals surface area contributed by atoms with Crippen molar-refractivity contribution in [2.75, 3.05) is 17.2 Å². The zero-order valence-corrected chi connectivity index (χ0v) is 11.5. The van der Waals surface area contributed by atoms with Crippen LogP contribution >= 0.6 is 0 Å². The lowest BCUT2D eigenvalue weighted by Crippen LogP contribution is -2.22. The molecule has 0 aliphatic heterocycles. The number of para-hydroxylation sites is 1. The molecule has 0 bridgehead atoms. The van der Waals surface area contributed by atoms with Crippen molar-refractivity contribution in [2.24, 2.45) is 0 Å². The molecule has 2 aromatic carbocycles. The molecule has 0 spiro atoms. The average Bonchev–Trinajstić information content (AvgIpc) is 2.50. The van der Waals surface area contributed by atoms with Crippen LogP contribution in [0.5, 0.6) is 0 Å². The van der Waals surface area contributed by atoms with Gasteiger partial charge in [-0.15, -0.1) is 0 Å². The highest BCUT2D eigenvalue weighted by Crippen LogP contribution is 2.20. The number of anilines is 2. The molecular weight excluding hydrogens is 269 g/mol. The second-order valence-corrected chi connectivity index (χ2v) is 4.51. The third-order valence-corrected chi connectivity index (χ3v) is 2.97. The number of halogens is 1. The van der Waals surface area contributed by atoms with Gasteiger partial charge in [-0.1, -0.05) is 18.2 Å². The van der Waals surface area contributed by atoms with Gasteiger partial charge < -0.3 is 10.6 Å². The van der Waals surface area contributed by atoms with Crippen molar-refractivity contribution in [3.63, 3.8) is 0 Å². The Balaban J connectivity index is 2.03. The third kappa shape index (κ3) is 3.80. The van der Waals surface area contributed by atoms with E-state index in [1.54, 1.807) is 6.92 Å². The van der Waals surface area contributed by atoms with Gasteiger partial charge in [0.2, 0.25) is 5.91 Å². The van der Waals surface area contributed by atoms with Crippen molar-refractivity contribution >= 4 is 17.3 Å². The number of hydrogen-bond donors (Lipinski definition) is 2. The van der Waals surface area contributed by atoms with Gasteiger partial charge in [0.15, 0.2) is 0 Å². The van der Waals surface area contributed by atoms with Crippen molar-refractivity contribution in [1.29, 1.82) is 5.26 Å². The number of amides is 1. The molecule has 4 nitrogen and oxygen atoms in total. The molecule has 0 fully saturated rings. The van der Waals surface area contributed by atoms with E-state index in [1.807, 2.05) is 36.4 Å². The van der Waals surface area contributed by atoms with Gasteiger partial charge in [-0.2, -0.15) is 5.26 Å². The molecule has 0 radical (unpaired) electrons. The van der Waals surface area contributed by atoms with E-state index in [9.17, 15) is 9.18 Å². The summed E-state index contributed by atoms with van der Waals surface area (Å²) in [4.78, 5) is 11.9. The molecular formula is C16H14FN3O. The molecule has 0 aliphatic rings. The van der Waals surface area contributed by atoms with Crippen LogP contribution in [-0.2, 0) is 4.79 Å². The second kappa shape index (κ2) is 6.53. The minimum Gasteiger partial charge on any atom is -0.376 e. The molecule has 5 heteroatoms. The van der Waals surface area contributed by atoms with Crippen molar-refractivity contribution < 1.29 is 9.18 Å². The molecule has 0 heterocycles. The maximum atomic E-state index is 13.6. The van der Waals surface area contributed by atoms with Crippen molar-refractivity contribution in [3.05, 3.63) is 59.4 Å². The number of nitrogens with one attached hydrogen (secondary N) is 2. The summed E-state index contributed by atoms with van der Waals surface area (Å²) in [6.07, 6.45) is 0. The fraction of sp³-hybridized carbons (Fsp3) is 0.125. The Morgan fingerprint density at radius 1 is 1.29 bits per heavy atom. The molecule has 21 heavy (non-hydrogen) atoms. The first-order valence-electron chi connectivity index (χ1n) is 6.39. The molecule has 0 saturated heterocycles. The molecule has 0 aliphatic carbocycles. The van der Waals surface area contributed by atoms with Crippen molar-refractivity contribution in [1.82, 2.24) is 0 Å². The van der Waals surface area contributed by atoms with E-state index in [0.717, 1.165) is 11.8 Å². The van der Waals surface area contributed by atoms with Gasteiger partial charge in [0.05, 0.1) is 18.2 Å². The van der Waals surface area contributed by atoms with E-state index in [2.05, 4.69) is 10.6 Å². The van der Waals surface area contributed by atoms with Crippen LogP contribution in [0.4, 0.5) is 15.8 Å². The number of carbonyl (C=O) groups excluding carboxylic acids is 1. The fourth-order valence-corrected chi connectivity index (χ4v) is 1.81. The van der Waals surface area contributed by atoms with Crippen LogP contribution in [-0.4, -0.2) is 12.5 Å². The number of rotatable bonds is 4. The predicted octanol–water partition coefficient (Wildman–Crippen LogP) is 3.06. The normalized spacial score (nSPS) is 9.76. The standard InChI is InChI=1S/C16H14FN3O/c1-11-14(17)7-12(9-18)8-15(11)20-16(21)10-19-13-5-3-2-4-6-13/h2-8,19H,10H2,1H3,(H,20,21). The first-order valence-corrected chi connectivity index (χ1v) is 6.39. The number of benzene rings is 2. The summed E-state index contributed by atoms with van der Waals surface area (Å²) in [6.45, 7) is 1.61. The Hall–Kier alpha value is -2.87. The van der Waals surface area contributed by atoms with Gasteiger partial charge in [0.25, 0.3) is 0 Å². The van der Waals surface area contributed by atoms with Crippen LogP contribution < -0.4 is 10.6 Å². The fourth-order valence-electron chi connectivity index (χ4n) is 1.81. The summed E-state index contributed by atoms with van der Waals surface area (Å²) in [6, 6.07) is 13.7. The second-order valence-electron chi connectivity index (χ2n) is 4.51. The molecule has 0 saturated carbocycles. The number of hydrogen-bond acceptors (Lipinski definition) is 3. The lowest BCUT2D eigenvalue weighted by molar-refractivity contribution is -0.114. The Morgan fingerprint density at radius 2 is 2.00 bits per heavy atom. The van der Waals surface area contributed by atoms with Crippen LogP contribution in [0, 0.1) is 24.1 Å². The summed E-state index contributed by atoms with van der Waals surface area (Å²) in [5, 5.41) is 14.4. The summed E-state index contributed by atoms with van der Waals surface area (Å²) in [5.41, 5.74) is 1.61. The molecule has 2 N–H and O–H groups in total. The van der Waals surface area contributed by atoms with Gasteiger partial charge in [-0.05, 0) is 31.2 Å². The van der Waals surface area contributed by atoms with Crippen LogP contribution in [0.2, 0.25) is 0 Å². The smallest absolute Gasteiger partial charge is 0.243 e. The van der Waals surface area contributed by atoms with E-state index in [0.29, 0.717) is 11.3 Å². The quantitative estimate of drug-likeness (QED) is 0.906. The molecule has 2 rings (SSSR count). The van der Waals surface area contributed by atoms with Crippen LogP contribution in [0.3, 0.4) is 0 Å². The average molecular weight is 283 g/mol. The Labute approximate surface area is 122 Å². The lowest BCUT2D eigenvalue weighted by atomic mass is 10.1. The molecule has 106 valence electrons. The molecule has 0 atom stereocenters. The van der Waals surface area contributed by atoms with Gasteiger partial charge in [-0.3, -0.25) is 4.79 Å². The van der Waals surface area contributed by atoms with Crippen molar-refractivity contribution in [2.45, 2.75) is 6.92 Å². The molecule has 2 aromatic rings. The van der Waals surface area contributed by atoms with E-state index >= 15 is 0 Å². The maximum absolute atomic E-state index is 13.6. The monoisotopic (exact) mass is 283 g/mol. The summed E-state index contributed by atoms with van der Waals surface area (Å²) in [7, 11) is 0. The summed E-state index contributed by atoms with van der Waals surface area (Å²) < 4.78 is 13.6. The minimum atomic E-state index is -0.514. The molecule has 0 aromatic heterocycles. The zero-order chi connectivity index (χ0) is 15.2. The van der Waals surface area contributed by atoms with E-state index in [-0.39, 0.29) is 18.0 Å². The highest BCUT2D eigenvalue weighted by molar-refractivity contribution is 5.94. The Kier molecular flexibility index (Phi) is 4.52. The van der Waals surface area contributed by atoms with Crippen molar-refractivity contribution in [3.8, 4) is 6.07 Å². The van der Waals surface area contributed by atoms with Gasteiger partial charge in [0, 0.05) is 16.9 Å². The maximum Gasteiger partial charge on any atom is 0.243 e. The van der Waals surface area contributed by atoms with Gasteiger partial charge in [0.1, 0.15) is 5.82 Å². The first-order chi connectivity index (χ1) is 10.1. The van der Waals surface area contributed by atoms with Crippen LogP contribution in [0.1, 0.15) is 11.1 Å². The Morgan fingerprint density at radius 3 is 2.67 bits per heavy atom. The number of nitrogens with zero attached hydrogens (tertiary/aromatic N) is 1. The lowest BCUT2D eigenvalue weighted by Gasteiger charge is -2.11.